The minimum absolute atomic E-state index is 0.344. The fourth-order valence-electron chi connectivity index (χ4n) is 2.88. The van der Waals surface area contributed by atoms with Gasteiger partial charge in [-0.1, -0.05) is 23.7 Å². The Morgan fingerprint density at radius 1 is 1.04 bits per heavy atom. The molecule has 0 N–H and O–H groups in total. The normalized spacial score (nSPS) is 10.8. The van der Waals surface area contributed by atoms with Crippen molar-refractivity contribution in [3.8, 4) is 28.5 Å². The van der Waals surface area contributed by atoms with Crippen LogP contribution in [0.1, 0.15) is 5.69 Å². The summed E-state index contributed by atoms with van der Waals surface area (Å²) in [4.78, 5) is 4.36. The van der Waals surface area contributed by atoms with Crippen LogP contribution in [0.5, 0.6) is 0 Å². The van der Waals surface area contributed by atoms with Crippen LogP contribution in [0.3, 0.4) is 0 Å². The first-order chi connectivity index (χ1) is 12.2. The molecule has 0 atom stereocenters. The Morgan fingerprint density at radius 2 is 1.88 bits per heavy atom. The fraction of sp³-hybridized carbons (Fsp3) is 0. The van der Waals surface area contributed by atoms with E-state index in [1.165, 1.54) is 12.1 Å². The molecule has 3 heterocycles. The van der Waals surface area contributed by atoms with Crippen LogP contribution in [0.2, 0.25) is 5.02 Å². The summed E-state index contributed by atoms with van der Waals surface area (Å²) in [5.41, 5.74) is 3.91. The molecule has 4 rings (SSSR count). The summed E-state index contributed by atoms with van der Waals surface area (Å²) < 4.78 is 16.1. The number of hydrogen-bond acceptors (Lipinski definition) is 2. The van der Waals surface area contributed by atoms with E-state index in [0.717, 1.165) is 16.6 Å². The fourth-order valence-corrected chi connectivity index (χ4v) is 3.06. The van der Waals surface area contributed by atoms with Crippen molar-refractivity contribution >= 4 is 17.1 Å². The molecule has 0 fully saturated rings. The van der Waals surface area contributed by atoms with Crippen molar-refractivity contribution < 1.29 is 4.39 Å². The Labute approximate surface area is 148 Å². The van der Waals surface area contributed by atoms with E-state index in [1.807, 2.05) is 30.5 Å². The van der Waals surface area contributed by atoms with Gasteiger partial charge >= 0.3 is 0 Å². The van der Waals surface area contributed by atoms with Crippen LogP contribution < -0.4 is 0 Å². The van der Waals surface area contributed by atoms with Crippen LogP contribution in [-0.4, -0.2) is 9.38 Å². The first-order valence-electron chi connectivity index (χ1n) is 7.59. The molecule has 3 nitrogen and oxygen atoms in total. The second-order valence-corrected chi connectivity index (χ2v) is 6.00. The molecule has 0 unspecified atom stereocenters. The lowest BCUT2D eigenvalue weighted by Crippen LogP contribution is -1.94. The zero-order valence-electron chi connectivity index (χ0n) is 12.9. The monoisotopic (exact) mass is 347 g/mol. The maximum atomic E-state index is 14.3. The van der Waals surface area contributed by atoms with E-state index in [2.05, 4.69) is 11.1 Å². The van der Waals surface area contributed by atoms with E-state index in [4.69, 9.17) is 11.6 Å². The van der Waals surface area contributed by atoms with Crippen LogP contribution in [-0.2, 0) is 0 Å². The van der Waals surface area contributed by atoms with Crippen molar-refractivity contribution in [2.24, 2.45) is 0 Å². The molecule has 120 valence electrons. The van der Waals surface area contributed by atoms with Gasteiger partial charge < -0.3 is 4.40 Å². The average molecular weight is 348 g/mol. The highest BCUT2D eigenvalue weighted by molar-refractivity contribution is 6.30. The molecule has 0 aliphatic rings. The van der Waals surface area contributed by atoms with Gasteiger partial charge in [-0.3, -0.25) is 4.98 Å². The number of nitrogens with zero attached hydrogens (tertiary/aromatic N) is 3. The molecule has 0 aliphatic heterocycles. The van der Waals surface area contributed by atoms with Gasteiger partial charge in [-0.15, -0.1) is 0 Å². The predicted molar refractivity (Wildman–Crippen MR) is 95.7 cm³/mol. The van der Waals surface area contributed by atoms with Crippen molar-refractivity contribution in [2.45, 2.75) is 0 Å². The molecule has 1 aromatic carbocycles. The summed E-state index contributed by atoms with van der Waals surface area (Å²) in [6, 6.07) is 17.7. The standard InChI is InChI=1S/C20H11ClFN3/c21-14-4-8-19(22)18(10-14)20-17(2-1-9-24-20)13-3-5-15-6-7-16(11-23)25(15)12-13/h1-10,12H. The highest BCUT2D eigenvalue weighted by Gasteiger charge is 2.14. The van der Waals surface area contributed by atoms with Crippen LogP contribution in [0.25, 0.3) is 27.9 Å². The van der Waals surface area contributed by atoms with Crippen LogP contribution in [0.4, 0.5) is 4.39 Å². The van der Waals surface area contributed by atoms with Crippen molar-refractivity contribution in [2.75, 3.05) is 0 Å². The minimum atomic E-state index is -0.385. The number of pyridine rings is 2. The lowest BCUT2D eigenvalue weighted by atomic mass is 10.00. The van der Waals surface area contributed by atoms with Gasteiger partial charge in [-0.05, 0) is 42.5 Å². The van der Waals surface area contributed by atoms with Crippen molar-refractivity contribution in [3.05, 3.63) is 83.5 Å². The summed E-state index contributed by atoms with van der Waals surface area (Å²) in [5.74, 6) is -0.385. The van der Waals surface area contributed by atoms with E-state index in [0.29, 0.717) is 22.0 Å². The first-order valence-corrected chi connectivity index (χ1v) is 7.97. The van der Waals surface area contributed by atoms with Gasteiger partial charge in [0.05, 0.1) is 5.69 Å². The van der Waals surface area contributed by atoms with E-state index in [1.54, 1.807) is 28.8 Å². The maximum absolute atomic E-state index is 14.3. The molecule has 0 bridgehead atoms. The molecule has 0 spiro atoms. The van der Waals surface area contributed by atoms with Crippen LogP contribution in [0, 0.1) is 17.1 Å². The highest BCUT2D eigenvalue weighted by Crippen LogP contribution is 2.33. The number of hydrogen-bond donors (Lipinski definition) is 0. The number of fused-ring (bicyclic) bond motifs is 1. The zero-order valence-corrected chi connectivity index (χ0v) is 13.7. The Balaban J connectivity index is 1.96. The molecular weight excluding hydrogens is 337 g/mol. The van der Waals surface area contributed by atoms with E-state index >= 15 is 0 Å². The second kappa shape index (κ2) is 6.04. The molecular formula is C20H11ClFN3. The van der Waals surface area contributed by atoms with Gasteiger partial charge in [0.2, 0.25) is 0 Å². The molecule has 25 heavy (non-hydrogen) atoms. The van der Waals surface area contributed by atoms with E-state index in [-0.39, 0.29) is 5.82 Å². The number of nitriles is 1. The molecule has 0 saturated heterocycles. The van der Waals surface area contributed by atoms with Crippen molar-refractivity contribution in [1.29, 1.82) is 5.26 Å². The zero-order chi connectivity index (χ0) is 17.4. The molecule has 0 aliphatic carbocycles. The maximum Gasteiger partial charge on any atom is 0.132 e. The van der Waals surface area contributed by atoms with E-state index in [9.17, 15) is 9.65 Å². The smallest absolute Gasteiger partial charge is 0.132 e. The average Bonchev–Trinajstić information content (AvgIpc) is 3.06. The van der Waals surface area contributed by atoms with Gasteiger partial charge in [0.1, 0.15) is 17.6 Å². The Hall–Kier alpha value is -3.16. The minimum Gasteiger partial charge on any atom is -0.308 e. The highest BCUT2D eigenvalue weighted by atomic mass is 35.5. The quantitative estimate of drug-likeness (QED) is 0.491. The number of benzene rings is 1. The summed E-state index contributed by atoms with van der Waals surface area (Å²) in [7, 11) is 0. The van der Waals surface area contributed by atoms with Gasteiger partial charge in [0.15, 0.2) is 0 Å². The first kappa shape index (κ1) is 15.4. The van der Waals surface area contributed by atoms with Crippen LogP contribution in [0.15, 0.2) is 67.0 Å². The third kappa shape index (κ3) is 2.65. The molecule has 3 aromatic heterocycles. The summed E-state index contributed by atoms with van der Waals surface area (Å²) in [6.45, 7) is 0. The lowest BCUT2D eigenvalue weighted by molar-refractivity contribution is 0.631. The Kier molecular flexibility index (Phi) is 3.72. The molecule has 0 amide bonds. The van der Waals surface area contributed by atoms with Gasteiger partial charge in [-0.25, -0.2) is 4.39 Å². The third-order valence-corrected chi connectivity index (χ3v) is 4.30. The van der Waals surface area contributed by atoms with Crippen molar-refractivity contribution in [1.82, 2.24) is 9.38 Å². The molecule has 4 aromatic rings. The summed E-state index contributed by atoms with van der Waals surface area (Å²) in [5, 5.41) is 9.68. The van der Waals surface area contributed by atoms with Crippen molar-refractivity contribution in [3.63, 3.8) is 0 Å². The Morgan fingerprint density at radius 3 is 2.72 bits per heavy atom. The lowest BCUT2D eigenvalue weighted by Gasteiger charge is -2.11. The number of rotatable bonds is 2. The largest absolute Gasteiger partial charge is 0.308 e. The van der Waals surface area contributed by atoms with Gasteiger partial charge in [-0.2, -0.15) is 5.26 Å². The molecule has 0 saturated carbocycles. The molecule has 0 radical (unpaired) electrons. The summed E-state index contributed by atoms with van der Waals surface area (Å²) in [6.07, 6.45) is 3.48. The number of aromatic nitrogens is 2. The Bertz CT molecular complexity index is 1140. The van der Waals surface area contributed by atoms with E-state index < -0.39 is 0 Å². The second-order valence-electron chi connectivity index (χ2n) is 5.57. The topological polar surface area (TPSA) is 41.1 Å². The van der Waals surface area contributed by atoms with Crippen LogP contribution >= 0.6 is 11.6 Å². The number of halogens is 2. The van der Waals surface area contributed by atoms with Gasteiger partial charge in [0.25, 0.3) is 0 Å². The van der Waals surface area contributed by atoms with Gasteiger partial charge in [0, 0.05) is 39.6 Å². The SMILES string of the molecule is N#Cc1ccc2ccc(-c3cccnc3-c3cc(Cl)ccc3F)cn12. The predicted octanol–water partition coefficient (Wildman–Crippen LogP) is 5.33. The molecule has 5 heteroatoms. The third-order valence-electron chi connectivity index (χ3n) is 4.07. The summed E-state index contributed by atoms with van der Waals surface area (Å²) >= 11 is 6.03.